The number of fused-ring (bicyclic) bond motifs is 1. The van der Waals surface area contributed by atoms with Crippen molar-refractivity contribution in [3.8, 4) is 0 Å². The number of nitrogens with two attached hydrogens (primary N) is 1. The minimum atomic E-state index is 0.436. The van der Waals surface area contributed by atoms with Crippen molar-refractivity contribution in [3.63, 3.8) is 0 Å². The van der Waals surface area contributed by atoms with E-state index in [0.29, 0.717) is 17.4 Å². The molecule has 21 heavy (non-hydrogen) atoms. The molecular weight excluding hydrogens is 266 g/mol. The van der Waals surface area contributed by atoms with Gasteiger partial charge in [-0.15, -0.1) is 0 Å². The quantitative estimate of drug-likeness (QED) is 0.855. The smallest absolute Gasteiger partial charge is 0.165 e. The molecule has 6 heteroatoms. The van der Waals surface area contributed by atoms with Crippen LogP contribution in [0.25, 0.3) is 11.2 Å². The summed E-state index contributed by atoms with van der Waals surface area (Å²) in [7, 11) is 0. The van der Waals surface area contributed by atoms with E-state index in [4.69, 9.17) is 10.5 Å². The van der Waals surface area contributed by atoms with E-state index in [-0.39, 0.29) is 0 Å². The lowest BCUT2D eigenvalue weighted by Gasteiger charge is -2.26. The fraction of sp³-hybridized carbons (Fsp3) is 0.667. The Kier molecular flexibility index (Phi) is 4.34. The molecule has 1 fully saturated rings. The monoisotopic (exact) mass is 289 g/mol. The van der Waals surface area contributed by atoms with Crippen molar-refractivity contribution in [1.29, 1.82) is 0 Å². The van der Waals surface area contributed by atoms with Crippen LogP contribution >= 0.6 is 0 Å². The largest absolute Gasteiger partial charge is 0.382 e. The fourth-order valence-electron chi connectivity index (χ4n) is 2.94. The molecule has 0 unspecified atom stereocenters. The highest BCUT2D eigenvalue weighted by atomic mass is 16.5. The fourth-order valence-corrected chi connectivity index (χ4v) is 2.94. The third kappa shape index (κ3) is 3.32. The molecule has 2 aromatic rings. The molecule has 3 rings (SSSR count). The van der Waals surface area contributed by atoms with Gasteiger partial charge in [0, 0.05) is 13.2 Å². The summed E-state index contributed by atoms with van der Waals surface area (Å²) in [6, 6.07) is 0. The zero-order chi connectivity index (χ0) is 14.7. The summed E-state index contributed by atoms with van der Waals surface area (Å²) < 4.78 is 7.99. The van der Waals surface area contributed by atoms with Gasteiger partial charge in [-0.3, -0.25) is 0 Å². The maximum Gasteiger partial charge on any atom is 0.165 e. The second-order valence-electron chi connectivity index (χ2n) is 5.98. The van der Waals surface area contributed by atoms with Crippen LogP contribution in [-0.2, 0) is 11.3 Å². The van der Waals surface area contributed by atoms with Crippen molar-refractivity contribution in [2.45, 2.75) is 51.7 Å². The van der Waals surface area contributed by atoms with Crippen molar-refractivity contribution in [2.24, 2.45) is 5.92 Å². The van der Waals surface area contributed by atoms with E-state index in [1.165, 1.54) is 32.0 Å². The molecule has 0 saturated heterocycles. The van der Waals surface area contributed by atoms with E-state index in [9.17, 15) is 0 Å². The molecule has 2 aromatic heterocycles. The summed E-state index contributed by atoms with van der Waals surface area (Å²) in [5.74, 6) is 1.30. The van der Waals surface area contributed by atoms with E-state index in [1.54, 1.807) is 6.33 Å². The molecule has 0 atom stereocenters. The summed E-state index contributed by atoms with van der Waals surface area (Å²) in [6.45, 7) is 3.96. The molecule has 2 heterocycles. The molecule has 1 aliphatic rings. The first-order valence-electron chi connectivity index (χ1n) is 7.77. The molecule has 2 N–H and O–H groups in total. The number of nitrogen functional groups attached to an aromatic ring is 1. The molecule has 1 saturated carbocycles. The highest BCUT2D eigenvalue weighted by Gasteiger charge is 2.18. The van der Waals surface area contributed by atoms with E-state index in [0.717, 1.165) is 31.1 Å². The Morgan fingerprint density at radius 3 is 2.86 bits per heavy atom. The Morgan fingerprint density at radius 2 is 2.05 bits per heavy atom. The zero-order valence-corrected chi connectivity index (χ0v) is 12.5. The van der Waals surface area contributed by atoms with E-state index >= 15 is 0 Å². The minimum Gasteiger partial charge on any atom is -0.382 e. The summed E-state index contributed by atoms with van der Waals surface area (Å²) in [4.78, 5) is 12.5. The summed E-state index contributed by atoms with van der Waals surface area (Å²) >= 11 is 0. The Labute approximate surface area is 124 Å². The van der Waals surface area contributed by atoms with Gasteiger partial charge in [0.1, 0.15) is 11.8 Å². The van der Waals surface area contributed by atoms with E-state index in [1.807, 2.05) is 4.57 Å². The predicted molar refractivity (Wildman–Crippen MR) is 81.7 cm³/mol. The van der Waals surface area contributed by atoms with Crippen molar-refractivity contribution < 1.29 is 4.74 Å². The first kappa shape index (κ1) is 14.3. The maximum atomic E-state index is 5.97. The SMILES string of the molecule is CC1CCC(OCCCn2cnc3c(N)ncnc32)CC1. The van der Waals surface area contributed by atoms with Crippen molar-refractivity contribution in [3.05, 3.63) is 12.7 Å². The number of ether oxygens (including phenoxy) is 1. The first-order chi connectivity index (χ1) is 10.2. The lowest BCUT2D eigenvalue weighted by molar-refractivity contribution is 0.0174. The average molecular weight is 289 g/mol. The molecule has 114 valence electrons. The number of anilines is 1. The van der Waals surface area contributed by atoms with Crippen LogP contribution in [0.1, 0.15) is 39.0 Å². The van der Waals surface area contributed by atoms with Crippen LogP contribution in [0, 0.1) is 5.92 Å². The van der Waals surface area contributed by atoms with Crippen molar-refractivity contribution in [1.82, 2.24) is 19.5 Å². The molecule has 0 spiro atoms. The molecule has 6 nitrogen and oxygen atoms in total. The number of hydrogen-bond donors (Lipinski definition) is 1. The van der Waals surface area contributed by atoms with E-state index in [2.05, 4.69) is 21.9 Å². The third-order valence-corrected chi connectivity index (χ3v) is 4.29. The maximum absolute atomic E-state index is 5.97. The van der Waals surface area contributed by atoms with Crippen molar-refractivity contribution in [2.75, 3.05) is 12.3 Å². The number of aryl methyl sites for hydroxylation is 1. The van der Waals surface area contributed by atoms with Gasteiger partial charge >= 0.3 is 0 Å². The van der Waals surface area contributed by atoms with Gasteiger partial charge in [-0.2, -0.15) is 0 Å². The van der Waals surface area contributed by atoms with Crippen LogP contribution in [0.4, 0.5) is 5.82 Å². The Hall–Kier alpha value is -1.69. The number of hydrogen-bond acceptors (Lipinski definition) is 5. The Balaban J connectivity index is 1.48. The van der Waals surface area contributed by atoms with E-state index < -0.39 is 0 Å². The third-order valence-electron chi connectivity index (χ3n) is 4.29. The summed E-state index contributed by atoms with van der Waals surface area (Å²) in [5.41, 5.74) is 7.26. The number of rotatable bonds is 5. The Morgan fingerprint density at radius 1 is 1.24 bits per heavy atom. The average Bonchev–Trinajstić information content (AvgIpc) is 2.90. The zero-order valence-electron chi connectivity index (χ0n) is 12.5. The second-order valence-corrected chi connectivity index (χ2v) is 5.98. The van der Waals surface area contributed by atoms with Gasteiger partial charge in [-0.25, -0.2) is 15.0 Å². The molecule has 0 aromatic carbocycles. The first-order valence-corrected chi connectivity index (χ1v) is 7.77. The van der Waals surface area contributed by atoms with Crippen LogP contribution < -0.4 is 5.73 Å². The molecule has 0 aliphatic heterocycles. The van der Waals surface area contributed by atoms with Crippen LogP contribution in [0.5, 0.6) is 0 Å². The molecule has 1 aliphatic carbocycles. The van der Waals surface area contributed by atoms with Crippen LogP contribution in [0.3, 0.4) is 0 Å². The summed E-state index contributed by atoms with van der Waals surface area (Å²) in [5, 5.41) is 0. The van der Waals surface area contributed by atoms with Crippen LogP contribution in [0.15, 0.2) is 12.7 Å². The standard InChI is InChI=1S/C15H23N5O/c1-11-3-5-12(6-4-11)21-8-2-7-20-10-19-13-14(16)17-9-18-15(13)20/h9-12H,2-8H2,1H3,(H2,16,17,18). The lowest BCUT2D eigenvalue weighted by atomic mass is 9.89. The number of imidazole rings is 1. The Bertz CT molecular complexity index is 589. The van der Waals surface area contributed by atoms with Gasteiger partial charge in [0.25, 0.3) is 0 Å². The van der Waals surface area contributed by atoms with Gasteiger partial charge < -0.3 is 15.0 Å². The molecule has 0 amide bonds. The van der Waals surface area contributed by atoms with Gasteiger partial charge in [-0.1, -0.05) is 6.92 Å². The summed E-state index contributed by atoms with van der Waals surface area (Å²) in [6.07, 6.45) is 9.69. The van der Waals surface area contributed by atoms with Gasteiger partial charge in [-0.05, 0) is 38.0 Å². The molecule has 0 radical (unpaired) electrons. The van der Waals surface area contributed by atoms with Gasteiger partial charge in [0.15, 0.2) is 11.5 Å². The number of aromatic nitrogens is 4. The number of nitrogens with zero attached hydrogens (tertiary/aromatic N) is 4. The van der Waals surface area contributed by atoms with Gasteiger partial charge in [0.05, 0.1) is 12.4 Å². The topological polar surface area (TPSA) is 78.9 Å². The minimum absolute atomic E-state index is 0.436. The van der Waals surface area contributed by atoms with Crippen LogP contribution in [-0.4, -0.2) is 32.2 Å². The normalized spacial score (nSPS) is 22.7. The van der Waals surface area contributed by atoms with Gasteiger partial charge in [0.2, 0.25) is 0 Å². The predicted octanol–water partition coefficient (Wildman–Crippen LogP) is 2.39. The highest BCUT2D eigenvalue weighted by molar-refractivity contribution is 5.80. The second kappa shape index (κ2) is 6.39. The highest BCUT2D eigenvalue weighted by Crippen LogP contribution is 2.25. The molecule has 0 bridgehead atoms. The molecular formula is C15H23N5O. The van der Waals surface area contributed by atoms with Crippen molar-refractivity contribution >= 4 is 17.0 Å². The van der Waals surface area contributed by atoms with Crippen LogP contribution in [0.2, 0.25) is 0 Å². The lowest BCUT2D eigenvalue weighted by Crippen LogP contribution is -2.21.